The molecule has 0 N–H and O–H groups in total. The van der Waals surface area contributed by atoms with E-state index in [0.29, 0.717) is 5.92 Å². The second-order valence-electron chi connectivity index (χ2n) is 3.82. The fourth-order valence-corrected chi connectivity index (χ4v) is 2.66. The lowest BCUT2D eigenvalue weighted by molar-refractivity contribution is 0.516. The molecule has 0 bridgehead atoms. The molecule has 70 valence electrons. The average molecular weight is 194 g/mol. The first-order chi connectivity index (χ1) is 6.11. The molecule has 0 radical (unpaired) electrons. The van der Waals surface area contributed by atoms with Gasteiger partial charge in [-0.1, -0.05) is 13.8 Å². The summed E-state index contributed by atoms with van der Waals surface area (Å²) in [6, 6.07) is 0. The van der Waals surface area contributed by atoms with Gasteiger partial charge in [0.15, 0.2) is 0 Å². The summed E-state index contributed by atoms with van der Waals surface area (Å²) in [7, 11) is 0. The third-order valence-electron chi connectivity index (χ3n) is 2.36. The van der Waals surface area contributed by atoms with Gasteiger partial charge >= 0.3 is 0 Å². The first-order valence-electron chi connectivity index (χ1n) is 4.58. The largest absolute Gasteiger partial charge is 0.459 e. The lowest BCUT2D eigenvalue weighted by Crippen LogP contribution is -1.85. The normalized spacial score (nSPS) is 11.8. The van der Waals surface area contributed by atoms with E-state index in [1.165, 1.54) is 15.8 Å². The highest BCUT2D eigenvalue weighted by atomic mass is 32.1. The fraction of sp³-hybridized carbons (Fsp3) is 0.455. The van der Waals surface area contributed by atoms with Crippen molar-refractivity contribution in [2.24, 2.45) is 0 Å². The molecule has 0 saturated carbocycles. The number of furan rings is 1. The van der Waals surface area contributed by atoms with Gasteiger partial charge in [0, 0.05) is 17.0 Å². The second-order valence-corrected chi connectivity index (χ2v) is 4.70. The van der Waals surface area contributed by atoms with Gasteiger partial charge in [0.2, 0.25) is 0 Å². The zero-order valence-electron chi connectivity index (χ0n) is 8.47. The van der Waals surface area contributed by atoms with Gasteiger partial charge in [-0.3, -0.25) is 0 Å². The molecule has 0 unspecified atom stereocenters. The highest BCUT2D eigenvalue weighted by Gasteiger charge is 2.15. The molecule has 1 nitrogen and oxygen atoms in total. The Morgan fingerprint density at radius 3 is 2.54 bits per heavy atom. The number of aryl methyl sites for hydroxylation is 2. The summed E-state index contributed by atoms with van der Waals surface area (Å²) >= 11 is 1.79. The summed E-state index contributed by atoms with van der Waals surface area (Å²) in [5.41, 5.74) is 3.67. The fourth-order valence-electron chi connectivity index (χ4n) is 1.67. The smallest absolute Gasteiger partial charge is 0.148 e. The molecule has 0 fully saturated rings. The van der Waals surface area contributed by atoms with Crippen molar-refractivity contribution >= 4 is 21.6 Å². The van der Waals surface area contributed by atoms with Crippen LogP contribution in [0.5, 0.6) is 0 Å². The van der Waals surface area contributed by atoms with Gasteiger partial charge in [-0.25, -0.2) is 0 Å². The lowest BCUT2D eigenvalue weighted by Gasteiger charge is -2.00. The zero-order chi connectivity index (χ0) is 9.59. The van der Waals surface area contributed by atoms with Crippen LogP contribution in [0.3, 0.4) is 0 Å². The highest BCUT2D eigenvalue weighted by molar-refractivity contribution is 7.17. The van der Waals surface area contributed by atoms with Crippen LogP contribution in [0.1, 0.15) is 36.7 Å². The highest BCUT2D eigenvalue weighted by Crippen LogP contribution is 2.35. The predicted octanol–water partition coefficient (Wildman–Crippen LogP) is 4.23. The Kier molecular flexibility index (Phi) is 1.95. The van der Waals surface area contributed by atoms with E-state index in [1.54, 1.807) is 11.3 Å². The topological polar surface area (TPSA) is 13.1 Å². The minimum absolute atomic E-state index is 0.485. The summed E-state index contributed by atoms with van der Waals surface area (Å²) in [6.45, 7) is 8.60. The third kappa shape index (κ3) is 1.20. The quantitative estimate of drug-likeness (QED) is 0.662. The van der Waals surface area contributed by atoms with Crippen LogP contribution in [0.25, 0.3) is 10.3 Å². The SMILES string of the molecule is Cc1csc2c(C)c(C(C)C)oc12. The van der Waals surface area contributed by atoms with Crippen LogP contribution in [0.15, 0.2) is 9.80 Å². The molecule has 2 rings (SSSR count). The molecule has 0 aliphatic carbocycles. The minimum Gasteiger partial charge on any atom is -0.459 e. The maximum atomic E-state index is 5.84. The Labute approximate surface area is 82.4 Å². The number of hydrogen-bond donors (Lipinski definition) is 0. The minimum atomic E-state index is 0.485. The van der Waals surface area contributed by atoms with Gasteiger partial charge in [0.1, 0.15) is 11.3 Å². The molecule has 0 atom stereocenters. The molecule has 0 aliphatic heterocycles. The van der Waals surface area contributed by atoms with Crippen molar-refractivity contribution in [3.05, 3.63) is 22.3 Å². The number of thiophene rings is 1. The van der Waals surface area contributed by atoms with Crippen molar-refractivity contribution in [3.63, 3.8) is 0 Å². The number of rotatable bonds is 1. The second kappa shape index (κ2) is 2.88. The standard InChI is InChI=1S/C11H14OS/c1-6(2)9-8(4)11-10(12-9)7(3)5-13-11/h5-6H,1-4H3. The van der Waals surface area contributed by atoms with E-state index >= 15 is 0 Å². The van der Waals surface area contributed by atoms with Crippen molar-refractivity contribution in [2.75, 3.05) is 0 Å². The summed E-state index contributed by atoms with van der Waals surface area (Å²) in [4.78, 5) is 0. The molecule has 2 aromatic rings. The summed E-state index contributed by atoms with van der Waals surface area (Å²) < 4.78 is 7.16. The van der Waals surface area contributed by atoms with Crippen molar-refractivity contribution in [2.45, 2.75) is 33.6 Å². The van der Waals surface area contributed by atoms with E-state index in [2.05, 4.69) is 33.1 Å². The van der Waals surface area contributed by atoms with Gasteiger partial charge in [0.05, 0.1) is 4.70 Å². The Bertz CT molecular complexity index is 434. The molecule has 0 spiro atoms. The van der Waals surface area contributed by atoms with Gasteiger partial charge in [-0.2, -0.15) is 0 Å². The van der Waals surface area contributed by atoms with Crippen molar-refractivity contribution in [1.29, 1.82) is 0 Å². The molecule has 2 heteroatoms. The van der Waals surface area contributed by atoms with Gasteiger partial charge in [0.25, 0.3) is 0 Å². The molecular weight excluding hydrogens is 180 g/mol. The van der Waals surface area contributed by atoms with E-state index in [1.807, 2.05) is 0 Å². The molecule has 2 aromatic heterocycles. The summed E-state index contributed by atoms with van der Waals surface area (Å²) in [5.74, 6) is 1.63. The van der Waals surface area contributed by atoms with Gasteiger partial charge < -0.3 is 4.42 Å². The van der Waals surface area contributed by atoms with Crippen molar-refractivity contribution in [3.8, 4) is 0 Å². The van der Waals surface area contributed by atoms with Crippen LogP contribution in [0, 0.1) is 13.8 Å². The first-order valence-corrected chi connectivity index (χ1v) is 5.46. The molecular formula is C11H14OS. The molecule has 2 heterocycles. The monoisotopic (exact) mass is 194 g/mol. The van der Waals surface area contributed by atoms with Crippen LogP contribution in [0.2, 0.25) is 0 Å². The van der Waals surface area contributed by atoms with Crippen LogP contribution >= 0.6 is 11.3 Å². The van der Waals surface area contributed by atoms with E-state index in [0.717, 1.165) is 11.3 Å². The van der Waals surface area contributed by atoms with E-state index in [4.69, 9.17) is 4.42 Å². The summed E-state index contributed by atoms with van der Waals surface area (Å²) in [5, 5.41) is 2.16. The van der Waals surface area contributed by atoms with E-state index < -0.39 is 0 Å². The molecule has 0 saturated heterocycles. The Morgan fingerprint density at radius 2 is 2.00 bits per heavy atom. The third-order valence-corrected chi connectivity index (χ3v) is 3.56. The lowest BCUT2D eigenvalue weighted by atomic mass is 10.1. The molecule has 0 amide bonds. The molecule has 13 heavy (non-hydrogen) atoms. The van der Waals surface area contributed by atoms with E-state index in [-0.39, 0.29) is 0 Å². The van der Waals surface area contributed by atoms with Crippen molar-refractivity contribution in [1.82, 2.24) is 0 Å². The number of fused-ring (bicyclic) bond motifs is 1. The predicted molar refractivity (Wildman–Crippen MR) is 57.7 cm³/mol. The Hall–Kier alpha value is -0.760. The number of hydrogen-bond acceptors (Lipinski definition) is 2. The Morgan fingerprint density at radius 1 is 1.31 bits per heavy atom. The zero-order valence-corrected chi connectivity index (χ0v) is 9.29. The van der Waals surface area contributed by atoms with Gasteiger partial charge in [-0.05, 0) is 19.2 Å². The van der Waals surface area contributed by atoms with Crippen LogP contribution in [-0.4, -0.2) is 0 Å². The van der Waals surface area contributed by atoms with E-state index in [9.17, 15) is 0 Å². The van der Waals surface area contributed by atoms with Crippen LogP contribution in [0.4, 0.5) is 0 Å². The average Bonchev–Trinajstić information content (AvgIpc) is 2.55. The van der Waals surface area contributed by atoms with Crippen molar-refractivity contribution < 1.29 is 4.42 Å². The molecule has 0 aliphatic rings. The van der Waals surface area contributed by atoms with Crippen LogP contribution in [-0.2, 0) is 0 Å². The molecule has 0 aromatic carbocycles. The maximum Gasteiger partial charge on any atom is 0.148 e. The Balaban J connectivity index is 2.74. The van der Waals surface area contributed by atoms with Gasteiger partial charge in [-0.15, -0.1) is 11.3 Å². The summed E-state index contributed by atoms with van der Waals surface area (Å²) in [6.07, 6.45) is 0. The maximum absolute atomic E-state index is 5.84. The first kappa shape index (κ1) is 8.82. The van der Waals surface area contributed by atoms with Crippen LogP contribution < -0.4 is 0 Å².